The minimum absolute atomic E-state index is 0.0715. The lowest BCUT2D eigenvalue weighted by Crippen LogP contribution is -2.51. The highest BCUT2D eigenvalue weighted by Crippen LogP contribution is 2.19. The Balaban J connectivity index is 1.27. The third kappa shape index (κ3) is 5.05. The second-order valence-electron chi connectivity index (χ2n) is 7.39. The summed E-state index contributed by atoms with van der Waals surface area (Å²) in [6.07, 6.45) is 2.99. The van der Waals surface area contributed by atoms with Gasteiger partial charge in [0, 0.05) is 30.7 Å². The maximum atomic E-state index is 12.7. The van der Waals surface area contributed by atoms with Crippen LogP contribution < -0.4 is 5.32 Å². The number of rotatable bonds is 5. The summed E-state index contributed by atoms with van der Waals surface area (Å²) >= 11 is 3.41. The van der Waals surface area contributed by atoms with Gasteiger partial charge in [0.15, 0.2) is 0 Å². The summed E-state index contributed by atoms with van der Waals surface area (Å²) in [7, 11) is 0. The first-order valence-corrected chi connectivity index (χ1v) is 11.0. The van der Waals surface area contributed by atoms with Gasteiger partial charge in [-0.1, -0.05) is 30.3 Å². The fourth-order valence-corrected chi connectivity index (χ4v) is 3.98. The zero-order chi connectivity index (χ0) is 22.5. The van der Waals surface area contributed by atoms with Crippen molar-refractivity contribution in [2.24, 2.45) is 0 Å². The Kier molecular flexibility index (Phi) is 6.65. The molecule has 0 unspecified atom stereocenters. The molecule has 0 spiro atoms. The van der Waals surface area contributed by atoms with Crippen LogP contribution in [0.2, 0.25) is 0 Å². The molecule has 3 amide bonds. The van der Waals surface area contributed by atoms with Gasteiger partial charge in [-0.2, -0.15) is 5.10 Å². The monoisotopic (exact) mass is 495 g/mol. The van der Waals surface area contributed by atoms with Crippen molar-refractivity contribution < 1.29 is 14.4 Å². The summed E-state index contributed by atoms with van der Waals surface area (Å²) in [5.41, 5.74) is 2.00. The molecule has 0 aliphatic carbocycles. The molecule has 0 bridgehead atoms. The fraction of sp³-hybridized carbons (Fsp3) is 0.217. The highest BCUT2D eigenvalue weighted by atomic mass is 79.9. The van der Waals surface area contributed by atoms with Crippen LogP contribution in [0.5, 0.6) is 0 Å². The first kappa shape index (κ1) is 21.8. The molecule has 1 aliphatic heterocycles. The molecule has 3 aromatic rings. The molecule has 164 valence electrons. The summed E-state index contributed by atoms with van der Waals surface area (Å²) in [4.78, 5) is 40.9. The van der Waals surface area contributed by atoms with Gasteiger partial charge in [-0.3, -0.25) is 14.4 Å². The summed E-state index contributed by atoms with van der Waals surface area (Å²) in [5, 5.41) is 6.95. The number of piperazine rings is 1. The SMILES string of the molecule is O=C(CC(=O)N1CCN(C(=O)c2ccccc2Br)CC1)Nc1cnn(-c2ccccc2)c1. The molecule has 8 nitrogen and oxygen atoms in total. The molecule has 1 aromatic heterocycles. The van der Waals surface area contributed by atoms with E-state index in [1.165, 1.54) is 0 Å². The van der Waals surface area contributed by atoms with Crippen molar-refractivity contribution in [1.29, 1.82) is 0 Å². The van der Waals surface area contributed by atoms with E-state index in [0.717, 1.165) is 10.2 Å². The van der Waals surface area contributed by atoms with Crippen LogP contribution in [-0.2, 0) is 9.59 Å². The predicted octanol–water partition coefficient (Wildman–Crippen LogP) is 2.95. The first-order chi connectivity index (χ1) is 15.5. The molecule has 9 heteroatoms. The van der Waals surface area contributed by atoms with Crippen LogP contribution in [0, 0.1) is 0 Å². The van der Waals surface area contributed by atoms with E-state index in [9.17, 15) is 14.4 Å². The van der Waals surface area contributed by atoms with Crippen molar-refractivity contribution >= 4 is 39.3 Å². The number of carbonyl (C=O) groups excluding carboxylic acids is 3. The highest BCUT2D eigenvalue weighted by Gasteiger charge is 2.26. The molecular formula is C23H22BrN5O3. The number of hydrogen-bond acceptors (Lipinski definition) is 4. The van der Waals surface area contributed by atoms with Gasteiger partial charge < -0.3 is 15.1 Å². The van der Waals surface area contributed by atoms with E-state index in [1.54, 1.807) is 32.9 Å². The van der Waals surface area contributed by atoms with Crippen molar-refractivity contribution in [3.8, 4) is 5.69 Å². The predicted molar refractivity (Wildman–Crippen MR) is 123 cm³/mol. The van der Waals surface area contributed by atoms with Gasteiger partial charge in [0.05, 0.1) is 29.3 Å². The number of benzene rings is 2. The molecule has 1 N–H and O–H groups in total. The second kappa shape index (κ2) is 9.78. The molecular weight excluding hydrogens is 474 g/mol. The third-order valence-corrected chi connectivity index (χ3v) is 5.91. The quantitative estimate of drug-likeness (QED) is 0.551. The van der Waals surface area contributed by atoms with Crippen molar-refractivity contribution in [3.63, 3.8) is 0 Å². The smallest absolute Gasteiger partial charge is 0.255 e. The molecule has 0 radical (unpaired) electrons. The Labute approximate surface area is 193 Å². The van der Waals surface area contributed by atoms with Crippen molar-refractivity contribution in [1.82, 2.24) is 19.6 Å². The Morgan fingerprint density at radius 3 is 2.28 bits per heavy atom. The van der Waals surface area contributed by atoms with Gasteiger partial charge >= 0.3 is 0 Å². The van der Waals surface area contributed by atoms with Gasteiger partial charge in [0.25, 0.3) is 5.91 Å². The van der Waals surface area contributed by atoms with Crippen LogP contribution in [-0.4, -0.2) is 63.5 Å². The van der Waals surface area contributed by atoms with Gasteiger partial charge in [-0.15, -0.1) is 0 Å². The number of aromatic nitrogens is 2. The number of anilines is 1. The van der Waals surface area contributed by atoms with Crippen molar-refractivity contribution in [3.05, 3.63) is 77.0 Å². The maximum absolute atomic E-state index is 12.7. The fourth-order valence-electron chi connectivity index (χ4n) is 3.53. The Morgan fingerprint density at radius 2 is 1.56 bits per heavy atom. The summed E-state index contributed by atoms with van der Waals surface area (Å²) < 4.78 is 2.40. The van der Waals surface area contributed by atoms with Crippen LogP contribution in [0.3, 0.4) is 0 Å². The Hall–Kier alpha value is -3.46. The number of halogens is 1. The number of para-hydroxylation sites is 1. The molecule has 0 atom stereocenters. The van der Waals surface area contributed by atoms with E-state index in [-0.39, 0.29) is 18.2 Å². The first-order valence-electron chi connectivity index (χ1n) is 10.2. The molecule has 32 heavy (non-hydrogen) atoms. The minimum Gasteiger partial charge on any atom is -0.339 e. The minimum atomic E-state index is -0.394. The van der Waals surface area contributed by atoms with E-state index in [4.69, 9.17) is 0 Å². The number of hydrogen-bond donors (Lipinski definition) is 1. The van der Waals surface area contributed by atoms with Crippen LogP contribution in [0.1, 0.15) is 16.8 Å². The lowest BCUT2D eigenvalue weighted by atomic mass is 10.2. The zero-order valence-corrected chi connectivity index (χ0v) is 18.9. The third-order valence-electron chi connectivity index (χ3n) is 5.22. The second-order valence-corrected chi connectivity index (χ2v) is 8.24. The largest absolute Gasteiger partial charge is 0.339 e. The topological polar surface area (TPSA) is 87.5 Å². The van der Waals surface area contributed by atoms with E-state index in [2.05, 4.69) is 26.3 Å². The highest BCUT2D eigenvalue weighted by molar-refractivity contribution is 9.10. The molecule has 2 heterocycles. The molecule has 1 aliphatic rings. The molecule has 0 saturated carbocycles. The van der Waals surface area contributed by atoms with Crippen LogP contribution in [0.15, 0.2) is 71.5 Å². The molecule has 4 rings (SSSR count). The van der Waals surface area contributed by atoms with Crippen LogP contribution in [0.25, 0.3) is 5.69 Å². The normalized spacial score (nSPS) is 13.7. The maximum Gasteiger partial charge on any atom is 0.255 e. The Bertz CT molecular complexity index is 1120. The number of carbonyl (C=O) groups is 3. The number of nitrogens with zero attached hydrogens (tertiary/aromatic N) is 4. The molecule has 1 fully saturated rings. The van der Waals surface area contributed by atoms with E-state index in [1.807, 2.05) is 48.5 Å². The lowest BCUT2D eigenvalue weighted by molar-refractivity contribution is -0.135. The summed E-state index contributed by atoms with van der Waals surface area (Å²) in [6, 6.07) is 16.8. The van der Waals surface area contributed by atoms with Crippen molar-refractivity contribution in [2.75, 3.05) is 31.5 Å². The number of nitrogens with one attached hydrogen (secondary N) is 1. The Morgan fingerprint density at radius 1 is 0.906 bits per heavy atom. The molecule has 2 aromatic carbocycles. The summed E-state index contributed by atoms with van der Waals surface area (Å²) in [6.45, 7) is 1.65. The van der Waals surface area contributed by atoms with E-state index >= 15 is 0 Å². The van der Waals surface area contributed by atoms with Gasteiger partial charge in [0.2, 0.25) is 11.8 Å². The zero-order valence-electron chi connectivity index (χ0n) is 17.3. The average Bonchev–Trinajstić information content (AvgIpc) is 3.28. The number of amides is 3. The van der Waals surface area contributed by atoms with Crippen LogP contribution >= 0.6 is 15.9 Å². The lowest BCUT2D eigenvalue weighted by Gasteiger charge is -2.35. The van der Waals surface area contributed by atoms with Crippen molar-refractivity contribution in [2.45, 2.75) is 6.42 Å². The standard InChI is InChI=1S/C23H22BrN5O3/c24-20-9-5-4-8-19(20)23(32)28-12-10-27(11-13-28)22(31)14-21(30)26-17-15-25-29(16-17)18-6-2-1-3-7-18/h1-9,15-16H,10-14H2,(H,26,30). The van der Waals surface area contributed by atoms with E-state index < -0.39 is 5.91 Å². The van der Waals surface area contributed by atoms with Gasteiger partial charge in [0.1, 0.15) is 6.42 Å². The van der Waals surface area contributed by atoms with Crippen LogP contribution in [0.4, 0.5) is 5.69 Å². The average molecular weight is 496 g/mol. The summed E-state index contributed by atoms with van der Waals surface area (Å²) in [5.74, 6) is -0.724. The van der Waals surface area contributed by atoms with Gasteiger partial charge in [-0.05, 0) is 40.2 Å². The van der Waals surface area contributed by atoms with Gasteiger partial charge in [-0.25, -0.2) is 4.68 Å². The molecule has 1 saturated heterocycles. The van der Waals surface area contributed by atoms with E-state index in [0.29, 0.717) is 37.4 Å².